The zero-order valence-electron chi connectivity index (χ0n) is 11.9. The summed E-state index contributed by atoms with van der Waals surface area (Å²) in [6, 6.07) is 0. The first-order valence-corrected chi connectivity index (χ1v) is 8.88. The van der Waals surface area contributed by atoms with Crippen molar-refractivity contribution in [1.29, 1.82) is 0 Å². The quantitative estimate of drug-likeness (QED) is 0.868. The van der Waals surface area contributed by atoms with E-state index >= 15 is 0 Å². The van der Waals surface area contributed by atoms with Crippen LogP contribution in [0, 0.1) is 5.92 Å². The second-order valence-electron chi connectivity index (χ2n) is 5.73. The van der Waals surface area contributed by atoms with Crippen LogP contribution in [-0.2, 0) is 35.8 Å². The van der Waals surface area contributed by atoms with Gasteiger partial charge in [0.05, 0.1) is 11.4 Å². The van der Waals surface area contributed by atoms with Gasteiger partial charge in [0.1, 0.15) is 15.7 Å². The summed E-state index contributed by atoms with van der Waals surface area (Å²) in [6.07, 6.45) is 3.13. The van der Waals surface area contributed by atoms with Crippen molar-refractivity contribution in [2.24, 2.45) is 5.92 Å². The minimum atomic E-state index is -2.94. The fourth-order valence-corrected chi connectivity index (χ4v) is 2.98. The van der Waals surface area contributed by atoms with E-state index in [9.17, 15) is 8.42 Å². The van der Waals surface area contributed by atoms with Gasteiger partial charge in [-0.15, -0.1) is 0 Å². The fourth-order valence-electron chi connectivity index (χ4n) is 2.47. The average molecular weight is 285 g/mol. The molecular weight excluding hydrogens is 262 g/mol. The molecule has 0 unspecified atom stereocenters. The maximum Gasteiger partial charge on any atom is 0.149 e. The van der Waals surface area contributed by atoms with E-state index in [0.29, 0.717) is 12.5 Å². The molecule has 2 heterocycles. The first kappa shape index (κ1) is 14.5. The van der Waals surface area contributed by atoms with Crippen LogP contribution in [-0.4, -0.2) is 36.5 Å². The summed E-state index contributed by atoms with van der Waals surface area (Å²) in [7, 11) is -2.94. The van der Waals surface area contributed by atoms with Gasteiger partial charge in [-0.05, 0) is 5.92 Å². The van der Waals surface area contributed by atoms with Crippen molar-refractivity contribution < 1.29 is 8.42 Å². The van der Waals surface area contributed by atoms with Crippen LogP contribution in [0.2, 0.25) is 0 Å². The van der Waals surface area contributed by atoms with Gasteiger partial charge in [-0.25, -0.2) is 13.4 Å². The van der Waals surface area contributed by atoms with Gasteiger partial charge in [0.15, 0.2) is 0 Å². The highest BCUT2D eigenvalue weighted by molar-refractivity contribution is 7.90. The van der Waals surface area contributed by atoms with Crippen molar-refractivity contribution in [2.75, 3.05) is 18.6 Å². The molecule has 1 aromatic rings. The largest absolute Gasteiger partial charge is 0.331 e. The van der Waals surface area contributed by atoms with Crippen molar-refractivity contribution in [1.82, 2.24) is 14.9 Å². The smallest absolute Gasteiger partial charge is 0.149 e. The summed E-state index contributed by atoms with van der Waals surface area (Å²) in [4.78, 5) is 4.70. The lowest BCUT2D eigenvalue weighted by atomic mass is 10.1. The van der Waals surface area contributed by atoms with Crippen LogP contribution in [0.1, 0.15) is 31.1 Å². The highest BCUT2D eigenvalue weighted by Gasteiger charge is 2.20. The van der Waals surface area contributed by atoms with Crippen molar-refractivity contribution >= 4 is 9.84 Å². The molecule has 1 aliphatic rings. The lowest BCUT2D eigenvalue weighted by molar-refractivity contribution is 0.556. The zero-order chi connectivity index (χ0) is 14.0. The van der Waals surface area contributed by atoms with Crippen molar-refractivity contribution in [3.05, 3.63) is 17.2 Å². The second kappa shape index (κ2) is 5.63. The number of hydrogen-bond acceptors (Lipinski definition) is 4. The Bertz CT molecular complexity index is 546. The van der Waals surface area contributed by atoms with Crippen LogP contribution in [0.5, 0.6) is 0 Å². The summed E-state index contributed by atoms with van der Waals surface area (Å²) >= 11 is 0. The zero-order valence-corrected chi connectivity index (χ0v) is 12.8. The lowest BCUT2D eigenvalue weighted by Crippen LogP contribution is -2.26. The van der Waals surface area contributed by atoms with Gasteiger partial charge in [-0.3, -0.25) is 0 Å². The third-order valence-corrected chi connectivity index (χ3v) is 4.27. The van der Waals surface area contributed by atoms with Crippen LogP contribution in [0.15, 0.2) is 0 Å². The summed E-state index contributed by atoms with van der Waals surface area (Å²) in [5.41, 5.74) is 2.31. The number of nitrogens with one attached hydrogen (secondary N) is 1. The maximum absolute atomic E-state index is 11.4. The van der Waals surface area contributed by atoms with Crippen LogP contribution in [0.25, 0.3) is 0 Å². The summed E-state index contributed by atoms with van der Waals surface area (Å²) in [5.74, 6) is 1.75. The third-order valence-electron chi connectivity index (χ3n) is 3.34. The highest BCUT2D eigenvalue weighted by Crippen LogP contribution is 2.18. The number of fused-ring (bicyclic) bond motifs is 1. The molecule has 0 aromatic carbocycles. The van der Waals surface area contributed by atoms with E-state index < -0.39 is 9.84 Å². The van der Waals surface area contributed by atoms with E-state index in [-0.39, 0.29) is 5.75 Å². The molecule has 0 saturated carbocycles. The molecule has 1 aliphatic heterocycles. The molecular formula is C13H23N3O2S. The molecule has 5 nitrogen and oxygen atoms in total. The molecule has 0 fully saturated rings. The number of aromatic nitrogens is 2. The first-order valence-electron chi connectivity index (χ1n) is 6.82. The molecule has 0 bridgehead atoms. The number of imidazole rings is 1. The molecule has 108 valence electrons. The maximum atomic E-state index is 11.4. The van der Waals surface area contributed by atoms with E-state index in [4.69, 9.17) is 4.98 Å². The third kappa shape index (κ3) is 3.79. The van der Waals surface area contributed by atoms with Gasteiger partial charge in [-0.1, -0.05) is 13.8 Å². The first-order chi connectivity index (χ1) is 8.87. The topological polar surface area (TPSA) is 64.0 Å². The SMILES string of the molecule is CC(C)Cc1nc2c(n1CCS(C)(=O)=O)CCNC2. The molecule has 6 heteroatoms. The monoisotopic (exact) mass is 285 g/mol. The molecule has 0 spiro atoms. The molecule has 0 saturated heterocycles. The number of nitrogens with zero attached hydrogens (tertiary/aromatic N) is 2. The van der Waals surface area contributed by atoms with E-state index in [1.165, 1.54) is 11.9 Å². The van der Waals surface area contributed by atoms with Gasteiger partial charge in [0, 0.05) is 44.4 Å². The van der Waals surface area contributed by atoms with Crippen LogP contribution in [0.4, 0.5) is 0 Å². The average Bonchev–Trinajstić information content (AvgIpc) is 2.61. The molecule has 1 N–H and O–H groups in total. The number of hydrogen-bond donors (Lipinski definition) is 1. The Kier molecular flexibility index (Phi) is 4.30. The summed E-state index contributed by atoms with van der Waals surface area (Å²) in [6.45, 7) is 6.59. The fraction of sp³-hybridized carbons (Fsp3) is 0.769. The molecule has 19 heavy (non-hydrogen) atoms. The van der Waals surface area contributed by atoms with Gasteiger partial charge >= 0.3 is 0 Å². The van der Waals surface area contributed by atoms with Gasteiger partial charge in [0.2, 0.25) is 0 Å². The number of rotatable bonds is 5. The molecule has 0 aliphatic carbocycles. The Morgan fingerprint density at radius 3 is 2.79 bits per heavy atom. The van der Waals surface area contributed by atoms with Crippen LogP contribution in [0.3, 0.4) is 0 Å². The molecule has 1 aromatic heterocycles. The Labute approximate surface area is 115 Å². The van der Waals surface area contributed by atoms with E-state index in [2.05, 4.69) is 23.7 Å². The standard InChI is InChI=1S/C13H23N3O2S/c1-10(2)8-13-15-11-9-14-5-4-12(11)16(13)6-7-19(3,17)18/h10,14H,4-9H2,1-3H3. The van der Waals surface area contributed by atoms with Crippen molar-refractivity contribution in [3.63, 3.8) is 0 Å². The molecule has 0 amide bonds. The van der Waals surface area contributed by atoms with E-state index in [1.807, 2.05) is 0 Å². The van der Waals surface area contributed by atoms with Gasteiger partial charge in [-0.2, -0.15) is 0 Å². The van der Waals surface area contributed by atoms with Crippen molar-refractivity contribution in [2.45, 2.75) is 39.8 Å². The summed E-state index contributed by atoms with van der Waals surface area (Å²) in [5, 5.41) is 3.31. The van der Waals surface area contributed by atoms with Gasteiger partial charge in [0.25, 0.3) is 0 Å². The van der Waals surface area contributed by atoms with E-state index in [1.54, 1.807) is 0 Å². The molecule has 0 radical (unpaired) electrons. The number of sulfone groups is 1. The van der Waals surface area contributed by atoms with Gasteiger partial charge < -0.3 is 9.88 Å². The highest BCUT2D eigenvalue weighted by atomic mass is 32.2. The Balaban J connectivity index is 2.29. The van der Waals surface area contributed by atoms with Crippen LogP contribution >= 0.6 is 0 Å². The van der Waals surface area contributed by atoms with E-state index in [0.717, 1.165) is 37.4 Å². The Hall–Kier alpha value is -0.880. The predicted octanol–water partition coefficient (Wildman–Crippen LogP) is 0.772. The van der Waals surface area contributed by atoms with Crippen molar-refractivity contribution in [3.8, 4) is 0 Å². The predicted molar refractivity (Wildman–Crippen MR) is 75.9 cm³/mol. The lowest BCUT2D eigenvalue weighted by Gasteiger charge is -2.16. The second-order valence-corrected chi connectivity index (χ2v) is 7.99. The summed E-state index contributed by atoms with van der Waals surface area (Å²) < 4.78 is 24.9. The molecule has 0 atom stereocenters. The molecule has 2 rings (SSSR count). The Morgan fingerprint density at radius 1 is 1.42 bits per heavy atom. The van der Waals surface area contributed by atoms with Crippen LogP contribution < -0.4 is 5.32 Å². The minimum absolute atomic E-state index is 0.189. The normalized spacial score (nSPS) is 15.8. The minimum Gasteiger partial charge on any atom is -0.331 e. The Morgan fingerprint density at radius 2 is 2.16 bits per heavy atom.